The van der Waals surface area contributed by atoms with Crippen molar-refractivity contribution in [1.82, 2.24) is 20.1 Å². The molecule has 2 aromatic heterocycles. The topological polar surface area (TPSA) is 72.3 Å². The van der Waals surface area contributed by atoms with Crippen LogP contribution < -0.4 is 15.0 Å². The van der Waals surface area contributed by atoms with Crippen molar-refractivity contribution in [2.24, 2.45) is 7.05 Å². The average Bonchev–Trinajstić information content (AvgIpc) is 3.26. The molecule has 1 amide bonds. The lowest BCUT2D eigenvalue weighted by Gasteiger charge is -2.32. The first-order valence-electron chi connectivity index (χ1n) is 9.47. The SMILES string of the molecule is COc1ccc(C)c2sc(N3CCCC(NC(=O)c4cc(C)nn4C)C3)nc12. The highest BCUT2D eigenvalue weighted by Crippen LogP contribution is 2.37. The molecule has 1 aromatic carbocycles. The molecule has 1 saturated heterocycles. The van der Waals surface area contributed by atoms with Crippen LogP contribution in [0.1, 0.15) is 34.6 Å². The number of piperidine rings is 1. The Labute approximate surface area is 168 Å². The molecule has 0 aliphatic carbocycles. The summed E-state index contributed by atoms with van der Waals surface area (Å²) in [6.07, 6.45) is 1.98. The summed E-state index contributed by atoms with van der Waals surface area (Å²) < 4.78 is 8.27. The van der Waals surface area contributed by atoms with E-state index in [1.54, 1.807) is 30.2 Å². The van der Waals surface area contributed by atoms with Gasteiger partial charge in [-0.15, -0.1) is 0 Å². The highest BCUT2D eigenvalue weighted by Gasteiger charge is 2.25. The van der Waals surface area contributed by atoms with Crippen molar-refractivity contribution < 1.29 is 9.53 Å². The number of fused-ring (bicyclic) bond motifs is 1. The van der Waals surface area contributed by atoms with Crippen molar-refractivity contribution in [3.05, 3.63) is 35.2 Å². The Kier molecular flexibility index (Phi) is 4.97. The maximum Gasteiger partial charge on any atom is 0.269 e. The third-order valence-corrected chi connectivity index (χ3v) is 6.43. The van der Waals surface area contributed by atoms with Crippen molar-refractivity contribution in [2.45, 2.75) is 32.7 Å². The summed E-state index contributed by atoms with van der Waals surface area (Å²) in [6.45, 7) is 5.68. The molecule has 1 fully saturated rings. The van der Waals surface area contributed by atoms with Gasteiger partial charge in [0.2, 0.25) is 0 Å². The number of benzene rings is 1. The third kappa shape index (κ3) is 3.44. The second-order valence-electron chi connectivity index (χ2n) is 7.31. The number of hydrogen-bond acceptors (Lipinski definition) is 6. The van der Waals surface area contributed by atoms with E-state index in [2.05, 4.69) is 28.3 Å². The van der Waals surface area contributed by atoms with Crippen LogP contribution in [-0.2, 0) is 7.05 Å². The zero-order valence-electron chi connectivity index (χ0n) is 16.7. The van der Waals surface area contributed by atoms with Gasteiger partial charge < -0.3 is 15.0 Å². The van der Waals surface area contributed by atoms with Gasteiger partial charge in [-0.1, -0.05) is 17.4 Å². The summed E-state index contributed by atoms with van der Waals surface area (Å²) >= 11 is 1.69. The van der Waals surface area contributed by atoms with E-state index in [0.717, 1.165) is 52.7 Å². The molecule has 1 atom stereocenters. The van der Waals surface area contributed by atoms with Gasteiger partial charge in [0, 0.05) is 26.2 Å². The molecule has 3 aromatic rings. The van der Waals surface area contributed by atoms with Gasteiger partial charge >= 0.3 is 0 Å². The molecule has 1 aliphatic heterocycles. The zero-order valence-corrected chi connectivity index (χ0v) is 17.5. The number of carbonyl (C=O) groups is 1. The van der Waals surface area contributed by atoms with Gasteiger partial charge in [-0.3, -0.25) is 9.48 Å². The highest BCUT2D eigenvalue weighted by molar-refractivity contribution is 7.22. The van der Waals surface area contributed by atoms with Gasteiger partial charge in [0.05, 0.1) is 17.5 Å². The Morgan fingerprint density at radius 1 is 1.36 bits per heavy atom. The number of aryl methyl sites for hydroxylation is 3. The number of rotatable bonds is 4. The number of thiazole rings is 1. The molecule has 3 heterocycles. The molecular formula is C20H25N5O2S. The molecule has 1 unspecified atom stereocenters. The number of amides is 1. The molecule has 0 bridgehead atoms. The van der Waals surface area contributed by atoms with Crippen molar-refractivity contribution in [1.29, 1.82) is 0 Å². The van der Waals surface area contributed by atoms with Crippen LogP contribution in [0.3, 0.4) is 0 Å². The summed E-state index contributed by atoms with van der Waals surface area (Å²) in [5.74, 6) is 0.730. The first kappa shape index (κ1) is 18.7. The second-order valence-corrected chi connectivity index (χ2v) is 8.29. The van der Waals surface area contributed by atoms with Gasteiger partial charge in [-0.25, -0.2) is 4.98 Å². The predicted octanol–water partition coefficient (Wildman–Crippen LogP) is 3.05. The minimum atomic E-state index is -0.0724. The Morgan fingerprint density at radius 2 is 2.18 bits per heavy atom. The lowest BCUT2D eigenvalue weighted by Crippen LogP contribution is -2.48. The summed E-state index contributed by atoms with van der Waals surface area (Å²) in [6, 6.07) is 5.94. The van der Waals surface area contributed by atoms with E-state index < -0.39 is 0 Å². The van der Waals surface area contributed by atoms with Crippen LogP contribution in [0.25, 0.3) is 10.2 Å². The number of anilines is 1. The maximum atomic E-state index is 12.6. The van der Waals surface area contributed by atoms with Gasteiger partial charge in [0.25, 0.3) is 5.91 Å². The minimum absolute atomic E-state index is 0.0724. The Hall–Kier alpha value is -2.61. The first-order valence-corrected chi connectivity index (χ1v) is 10.3. The van der Waals surface area contributed by atoms with Gasteiger partial charge in [-0.2, -0.15) is 5.10 Å². The van der Waals surface area contributed by atoms with E-state index in [4.69, 9.17) is 9.72 Å². The first-order chi connectivity index (χ1) is 13.5. The molecule has 1 aliphatic rings. The Bertz CT molecular complexity index is 1030. The monoisotopic (exact) mass is 399 g/mol. The van der Waals surface area contributed by atoms with Gasteiger partial charge in [0.15, 0.2) is 5.13 Å². The number of ether oxygens (including phenoxy) is 1. The summed E-state index contributed by atoms with van der Waals surface area (Å²) in [5.41, 5.74) is 3.55. The fraction of sp³-hybridized carbons (Fsp3) is 0.450. The summed E-state index contributed by atoms with van der Waals surface area (Å²) in [5, 5.41) is 8.41. The van der Waals surface area contributed by atoms with E-state index in [-0.39, 0.29) is 11.9 Å². The van der Waals surface area contributed by atoms with Crippen molar-refractivity contribution in [3.63, 3.8) is 0 Å². The lowest BCUT2D eigenvalue weighted by molar-refractivity contribution is 0.0923. The quantitative estimate of drug-likeness (QED) is 0.730. The fourth-order valence-electron chi connectivity index (χ4n) is 3.75. The molecule has 4 rings (SSSR count). The zero-order chi connectivity index (χ0) is 19.8. The maximum absolute atomic E-state index is 12.6. The predicted molar refractivity (Wildman–Crippen MR) is 112 cm³/mol. The normalized spacial score (nSPS) is 17.1. The van der Waals surface area contributed by atoms with E-state index in [1.165, 1.54) is 5.56 Å². The number of carbonyl (C=O) groups excluding carboxylic acids is 1. The van der Waals surface area contributed by atoms with Crippen LogP contribution >= 0.6 is 11.3 Å². The van der Waals surface area contributed by atoms with Crippen LogP contribution in [0, 0.1) is 13.8 Å². The van der Waals surface area contributed by atoms with Gasteiger partial charge in [-0.05, 0) is 44.4 Å². The standard InChI is InChI=1S/C20H25N5O2S/c1-12-7-8-16(27-4)17-18(12)28-20(22-17)25-9-5-6-14(11-25)21-19(26)15-10-13(2)23-24(15)3/h7-8,10,14H,5-6,9,11H2,1-4H3,(H,21,26). The van der Waals surface area contributed by atoms with Crippen LogP contribution in [0.15, 0.2) is 18.2 Å². The number of nitrogens with one attached hydrogen (secondary N) is 1. The fourth-order valence-corrected chi connectivity index (χ4v) is 4.84. The van der Waals surface area contributed by atoms with Crippen LogP contribution in [0.4, 0.5) is 5.13 Å². The van der Waals surface area contributed by atoms with Crippen molar-refractivity contribution in [2.75, 3.05) is 25.1 Å². The van der Waals surface area contributed by atoms with E-state index in [0.29, 0.717) is 5.69 Å². The smallest absolute Gasteiger partial charge is 0.269 e. The van der Waals surface area contributed by atoms with E-state index >= 15 is 0 Å². The molecule has 148 valence electrons. The molecular weight excluding hydrogens is 374 g/mol. The third-order valence-electron chi connectivity index (χ3n) is 5.17. The van der Waals surface area contributed by atoms with Crippen LogP contribution in [0.2, 0.25) is 0 Å². The Morgan fingerprint density at radius 3 is 2.89 bits per heavy atom. The molecule has 7 nitrogen and oxygen atoms in total. The molecule has 0 saturated carbocycles. The van der Waals surface area contributed by atoms with Crippen molar-refractivity contribution in [3.8, 4) is 5.75 Å². The average molecular weight is 400 g/mol. The number of hydrogen-bond donors (Lipinski definition) is 1. The molecule has 28 heavy (non-hydrogen) atoms. The van der Waals surface area contributed by atoms with Gasteiger partial charge in [0.1, 0.15) is 17.0 Å². The van der Waals surface area contributed by atoms with Crippen molar-refractivity contribution >= 4 is 32.6 Å². The molecule has 1 N–H and O–H groups in total. The minimum Gasteiger partial charge on any atom is -0.494 e. The largest absolute Gasteiger partial charge is 0.494 e. The van der Waals surface area contributed by atoms with Crippen LogP contribution in [0.5, 0.6) is 5.75 Å². The highest BCUT2D eigenvalue weighted by atomic mass is 32.1. The number of methoxy groups -OCH3 is 1. The van der Waals surface area contributed by atoms with E-state index in [1.807, 2.05) is 19.1 Å². The Balaban J connectivity index is 1.52. The number of nitrogens with zero attached hydrogens (tertiary/aromatic N) is 4. The summed E-state index contributed by atoms with van der Waals surface area (Å²) in [7, 11) is 3.47. The second kappa shape index (κ2) is 7.43. The van der Waals surface area contributed by atoms with E-state index in [9.17, 15) is 4.79 Å². The lowest BCUT2D eigenvalue weighted by atomic mass is 10.1. The summed E-state index contributed by atoms with van der Waals surface area (Å²) in [4.78, 5) is 19.8. The van der Waals surface area contributed by atoms with Crippen LogP contribution in [-0.4, -0.2) is 46.9 Å². The molecule has 0 radical (unpaired) electrons. The number of aromatic nitrogens is 3. The molecule has 0 spiro atoms. The molecule has 8 heteroatoms.